The van der Waals surface area contributed by atoms with Crippen LogP contribution in [0.2, 0.25) is 10.0 Å². The monoisotopic (exact) mass is 460 g/mol. The largest absolute Gasteiger partial charge is 0.484 e. The highest BCUT2D eigenvalue weighted by atomic mass is 35.5. The van der Waals surface area contributed by atoms with Crippen LogP contribution in [0.3, 0.4) is 0 Å². The van der Waals surface area contributed by atoms with Gasteiger partial charge in [0.25, 0.3) is 11.8 Å². The molecular weight excluding hydrogens is 443 g/mol. The molecule has 1 aliphatic heterocycles. The molecule has 1 aliphatic rings. The number of hydrogen-bond acceptors (Lipinski definition) is 5. The van der Waals surface area contributed by atoms with E-state index in [9.17, 15) is 14.4 Å². The lowest BCUT2D eigenvalue weighted by atomic mass is 10.0. The summed E-state index contributed by atoms with van der Waals surface area (Å²) in [4.78, 5) is 37.9. The molecule has 31 heavy (non-hydrogen) atoms. The van der Waals surface area contributed by atoms with Crippen molar-refractivity contribution in [2.45, 2.75) is 6.92 Å². The number of anilines is 1. The number of methoxy groups -OCH3 is 1. The Bertz CT molecular complexity index is 1120. The first-order valence-electron chi connectivity index (χ1n) is 9.05. The number of carbonyl (C=O) groups excluding carboxylic acids is 3. The number of amides is 2. The van der Waals surface area contributed by atoms with E-state index >= 15 is 0 Å². The lowest BCUT2D eigenvalue weighted by Gasteiger charge is -2.18. The summed E-state index contributed by atoms with van der Waals surface area (Å²) < 4.78 is 10.1. The molecule has 0 bridgehead atoms. The third-order valence-electron chi connectivity index (χ3n) is 4.52. The molecule has 9 heteroatoms. The van der Waals surface area contributed by atoms with E-state index in [2.05, 4.69) is 0 Å². The van der Waals surface area contributed by atoms with E-state index in [-0.39, 0.29) is 22.8 Å². The van der Waals surface area contributed by atoms with Crippen molar-refractivity contribution in [2.24, 2.45) is 5.73 Å². The summed E-state index contributed by atoms with van der Waals surface area (Å²) in [6.07, 6.45) is 1.58. The van der Waals surface area contributed by atoms with Crippen molar-refractivity contribution in [1.82, 2.24) is 0 Å². The second-order valence-electron chi connectivity index (χ2n) is 6.57. The van der Waals surface area contributed by atoms with Crippen molar-refractivity contribution in [3.8, 4) is 5.75 Å². The Morgan fingerprint density at radius 2 is 1.77 bits per heavy atom. The average Bonchev–Trinajstić information content (AvgIpc) is 2.98. The number of esters is 1. The number of rotatable bonds is 6. The van der Waals surface area contributed by atoms with Gasteiger partial charge < -0.3 is 15.2 Å². The van der Waals surface area contributed by atoms with Crippen LogP contribution in [0.25, 0.3) is 6.08 Å². The molecule has 0 atom stereocenters. The number of carbonyl (C=O) groups is 3. The summed E-state index contributed by atoms with van der Waals surface area (Å²) in [5.41, 5.74) is 6.89. The number of primary amides is 1. The maximum absolute atomic E-state index is 13.2. The first-order valence-corrected chi connectivity index (χ1v) is 9.80. The number of benzene rings is 2. The second-order valence-corrected chi connectivity index (χ2v) is 7.39. The Balaban J connectivity index is 2.00. The zero-order valence-electron chi connectivity index (χ0n) is 16.6. The van der Waals surface area contributed by atoms with E-state index in [0.717, 1.165) is 0 Å². The second kappa shape index (κ2) is 9.24. The maximum Gasteiger partial charge on any atom is 0.340 e. The minimum absolute atomic E-state index is 0.146. The van der Waals surface area contributed by atoms with E-state index in [1.54, 1.807) is 55.5 Å². The van der Waals surface area contributed by atoms with Gasteiger partial charge in [-0.25, -0.2) is 4.79 Å². The molecule has 2 N–H and O–H groups in total. The molecule has 0 spiro atoms. The van der Waals surface area contributed by atoms with Crippen LogP contribution in [0.5, 0.6) is 5.75 Å². The molecular formula is C22H18Cl2N2O5. The molecule has 0 radical (unpaired) electrons. The molecule has 2 aromatic rings. The van der Waals surface area contributed by atoms with E-state index in [0.29, 0.717) is 27.7 Å². The highest BCUT2D eigenvalue weighted by molar-refractivity contribution is 6.42. The third-order valence-corrected chi connectivity index (χ3v) is 5.26. The fourth-order valence-corrected chi connectivity index (χ4v) is 3.39. The Morgan fingerprint density at radius 1 is 1.10 bits per heavy atom. The average molecular weight is 461 g/mol. The third kappa shape index (κ3) is 4.73. The van der Waals surface area contributed by atoms with Gasteiger partial charge in [0, 0.05) is 5.70 Å². The van der Waals surface area contributed by atoms with Crippen LogP contribution >= 0.6 is 23.2 Å². The highest BCUT2D eigenvalue weighted by Gasteiger charge is 2.38. The number of ether oxygens (including phenoxy) is 2. The number of nitrogens with zero attached hydrogens (tertiary/aromatic N) is 1. The molecule has 0 saturated heterocycles. The summed E-state index contributed by atoms with van der Waals surface area (Å²) in [5.74, 6) is -1.20. The van der Waals surface area contributed by atoms with Crippen LogP contribution < -0.4 is 15.4 Å². The molecule has 1 heterocycles. The highest BCUT2D eigenvalue weighted by Crippen LogP contribution is 2.37. The quantitative estimate of drug-likeness (QED) is 0.522. The van der Waals surface area contributed by atoms with Gasteiger partial charge in [-0.2, -0.15) is 0 Å². The molecule has 0 unspecified atom stereocenters. The normalized spacial score (nSPS) is 14.9. The van der Waals surface area contributed by atoms with Gasteiger partial charge in [-0.05, 0) is 48.9 Å². The minimum atomic E-state index is -0.638. The van der Waals surface area contributed by atoms with Crippen molar-refractivity contribution in [3.05, 3.63) is 74.9 Å². The van der Waals surface area contributed by atoms with Crippen LogP contribution in [0.1, 0.15) is 12.5 Å². The first-order chi connectivity index (χ1) is 14.7. The Hall–Kier alpha value is -3.29. The molecule has 160 valence electrons. The summed E-state index contributed by atoms with van der Waals surface area (Å²) in [7, 11) is 1.25. The summed E-state index contributed by atoms with van der Waals surface area (Å²) in [5, 5.41) is 0.629. The molecule has 0 fully saturated rings. The van der Waals surface area contributed by atoms with Crippen molar-refractivity contribution < 1.29 is 23.9 Å². The number of nitrogens with two attached hydrogens (primary N) is 1. The number of hydrogen-bond donors (Lipinski definition) is 1. The topological polar surface area (TPSA) is 98.9 Å². The van der Waals surface area contributed by atoms with Gasteiger partial charge >= 0.3 is 5.97 Å². The predicted octanol–water partition coefficient (Wildman–Crippen LogP) is 3.73. The van der Waals surface area contributed by atoms with Gasteiger partial charge in [-0.15, -0.1) is 0 Å². The summed E-state index contributed by atoms with van der Waals surface area (Å²) in [6.45, 7) is 1.40. The molecule has 3 rings (SSSR count). The molecule has 0 aromatic heterocycles. The van der Waals surface area contributed by atoms with Crippen LogP contribution in [-0.4, -0.2) is 31.5 Å². The predicted molar refractivity (Wildman–Crippen MR) is 118 cm³/mol. The van der Waals surface area contributed by atoms with Crippen LogP contribution in [0.15, 0.2) is 59.3 Å². The van der Waals surface area contributed by atoms with Crippen LogP contribution in [0.4, 0.5) is 5.69 Å². The zero-order valence-corrected chi connectivity index (χ0v) is 18.2. The van der Waals surface area contributed by atoms with Crippen molar-refractivity contribution >= 4 is 52.7 Å². The standard InChI is InChI=1S/C22H18Cl2N2O5/c1-12-20(22(29)30-2)16(9-13-3-6-15(7-4-13)31-11-19(25)27)21(28)26(12)14-5-8-17(23)18(24)10-14/h3-10H,11H2,1-2H3,(H2,25,27)/b16-9-. The fraction of sp³-hybridized carbons (Fsp3) is 0.136. The van der Waals surface area contributed by atoms with Gasteiger partial charge in [0.2, 0.25) is 0 Å². The SMILES string of the molecule is COC(=O)C1=C(C)N(c2ccc(Cl)c(Cl)c2)C(=O)/C1=C\c1ccc(OCC(N)=O)cc1. The zero-order chi connectivity index (χ0) is 22.7. The van der Waals surface area contributed by atoms with Crippen molar-refractivity contribution in [3.63, 3.8) is 0 Å². The fourth-order valence-electron chi connectivity index (χ4n) is 3.10. The van der Waals surface area contributed by atoms with E-state index in [4.69, 9.17) is 38.4 Å². The Morgan fingerprint density at radius 3 is 2.35 bits per heavy atom. The first kappa shape index (κ1) is 22.4. The van der Waals surface area contributed by atoms with Crippen LogP contribution in [-0.2, 0) is 19.1 Å². The molecule has 2 aromatic carbocycles. The minimum Gasteiger partial charge on any atom is -0.484 e. The van der Waals surface area contributed by atoms with E-state index < -0.39 is 17.8 Å². The van der Waals surface area contributed by atoms with Crippen molar-refractivity contribution in [1.29, 1.82) is 0 Å². The maximum atomic E-state index is 13.2. The lowest BCUT2D eigenvalue weighted by Crippen LogP contribution is -2.24. The molecule has 0 saturated carbocycles. The van der Waals surface area contributed by atoms with E-state index in [1.165, 1.54) is 12.0 Å². The van der Waals surface area contributed by atoms with Gasteiger partial charge in [0.05, 0.1) is 34.0 Å². The van der Waals surface area contributed by atoms with Gasteiger partial charge in [0.15, 0.2) is 6.61 Å². The number of halogens is 2. The van der Waals surface area contributed by atoms with Gasteiger partial charge in [-0.3, -0.25) is 14.5 Å². The lowest BCUT2D eigenvalue weighted by molar-refractivity contribution is -0.136. The molecule has 0 aliphatic carbocycles. The van der Waals surface area contributed by atoms with Crippen LogP contribution in [0, 0.1) is 0 Å². The van der Waals surface area contributed by atoms with Crippen molar-refractivity contribution in [2.75, 3.05) is 18.6 Å². The van der Waals surface area contributed by atoms with Gasteiger partial charge in [-0.1, -0.05) is 35.3 Å². The Labute approximate surface area is 188 Å². The van der Waals surface area contributed by atoms with Gasteiger partial charge in [0.1, 0.15) is 5.75 Å². The Kier molecular flexibility index (Phi) is 6.68. The van der Waals surface area contributed by atoms with E-state index in [1.807, 2.05) is 0 Å². The smallest absolute Gasteiger partial charge is 0.340 e. The molecule has 7 nitrogen and oxygen atoms in total. The summed E-state index contributed by atoms with van der Waals surface area (Å²) in [6, 6.07) is 11.4. The molecule has 2 amide bonds. The summed E-state index contributed by atoms with van der Waals surface area (Å²) >= 11 is 12.1. The number of allylic oxidation sites excluding steroid dienone is 1.